The maximum absolute atomic E-state index is 12.0. The Morgan fingerprint density at radius 1 is 1.19 bits per heavy atom. The summed E-state index contributed by atoms with van der Waals surface area (Å²) >= 11 is 6.31. The molecule has 1 aromatic heterocycles. The van der Waals surface area contributed by atoms with Crippen LogP contribution < -0.4 is 4.74 Å². The number of rotatable bonds is 6. The molecule has 0 saturated heterocycles. The van der Waals surface area contributed by atoms with Gasteiger partial charge in [0, 0.05) is 5.02 Å². The molecule has 0 saturated carbocycles. The second-order valence-electron chi connectivity index (χ2n) is 5.78. The molecule has 3 rings (SSSR count). The second kappa shape index (κ2) is 7.43. The van der Waals surface area contributed by atoms with Crippen molar-refractivity contribution >= 4 is 21.4 Å². The largest absolute Gasteiger partial charge is 0.422 e. The van der Waals surface area contributed by atoms with Gasteiger partial charge in [0.2, 0.25) is 0 Å². The number of nitrogens with zero attached hydrogens (tertiary/aromatic N) is 3. The molecule has 0 radical (unpaired) electrons. The molecular formula is C17H17ClN4O3S. The number of tetrazole rings is 1. The maximum Gasteiger partial charge on any atom is 0.361 e. The van der Waals surface area contributed by atoms with Crippen LogP contribution >= 0.6 is 11.6 Å². The van der Waals surface area contributed by atoms with Gasteiger partial charge in [0.05, 0.1) is 10.6 Å². The van der Waals surface area contributed by atoms with Gasteiger partial charge in [-0.25, -0.2) is 8.42 Å². The third-order valence-corrected chi connectivity index (χ3v) is 5.89. The molecule has 0 bridgehead atoms. The fourth-order valence-electron chi connectivity index (χ4n) is 2.54. The van der Waals surface area contributed by atoms with Crippen LogP contribution in [0.25, 0.3) is 0 Å². The van der Waals surface area contributed by atoms with E-state index >= 15 is 0 Å². The summed E-state index contributed by atoms with van der Waals surface area (Å²) in [6, 6.07) is 10.7. The lowest BCUT2D eigenvalue weighted by atomic mass is 10.0. The van der Waals surface area contributed by atoms with Crippen LogP contribution in [0.5, 0.6) is 11.8 Å². The summed E-state index contributed by atoms with van der Waals surface area (Å²) in [6.45, 7) is 3.56. The van der Waals surface area contributed by atoms with Crippen molar-refractivity contribution in [2.75, 3.05) is 5.75 Å². The number of H-pyrrole nitrogens is 1. The van der Waals surface area contributed by atoms with Gasteiger partial charge in [-0.2, -0.15) is 5.21 Å². The van der Waals surface area contributed by atoms with Crippen LogP contribution in [-0.2, 0) is 16.3 Å². The van der Waals surface area contributed by atoms with E-state index in [1.165, 1.54) is 6.07 Å². The molecule has 136 valence electrons. The van der Waals surface area contributed by atoms with Gasteiger partial charge in [0.25, 0.3) is 0 Å². The smallest absolute Gasteiger partial charge is 0.361 e. The van der Waals surface area contributed by atoms with Gasteiger partial charge in [0.15, 0.2) is 9.84 Å². The average molecular weight is 393 g/mol. The van der Waals surface area contributed by atoms with Crippen LogP contribution in [0.3, 0.4) is 0 Å². The number of ether oxygens (including phenoxy) is 1. The number of benzene rings is 2. The van der Waals surface area contributed by atoms with Crippen LogP contribution in [-0.4, -0.2) is 34.8 Å². The van der Waals surface area contributed by atoms with Gasteiger partial charge < -0.3 is 4.74 Å². The Kier molecular flexibility index (Phi) is 5.24. The number of nitrogens with one attached hydrogen (secondary N) is 1. The number of halogens is 1. The standard InChI is InChI=1S/C17H17ClN4O3S/c1-3-26(23,24)15-5-4-13(16(18)10-15)8-12-6-11(2)7-14(9-12)25-17-19-21-22-20-17/h4-7,9-10H,3,8H2,1-2H3,(H,19,20,21,22). The molecule has 0 spiro atoms. The molecule has 1 N–H and O–H groups in total. The summed E-state index contributed by atoms with van der Waals surface area (Å²) in [7, 11) is -3.28. The molecule has 3 aromatic rings. The minimum absolute atomic E-state index is 0.0390. The predicted molar refractivity (Wildman–Crippen MR) is 97.4 cm³/mol. The predicted octanol–water partition coefficient (Wildman–Crippen LogP) is 3.34. The zero-order valence-corrected chi connectivity index (χ0v) is 15.8. The van der Waals surface area contributed by atoms with E-state index in [4.69, 9.17) is 16.3 Å². The zero-order valence-electron chi connectivity index (χ0n) is 14.2. The summed E-state index contributed by atoms with van der Waals surface area (Å²) in [5, 5.41) is 13.7. The molecule has 0 unspecified atom stereocenters. The Bertz CT molecular complexity index is 1020. The highest BCUT2D eigenvalue weighted by Gasteiger charge is 2.14. The lowest BCUT2D eigenvalue weighted by Crippen LogP contribution is -2.04. The maximum atomic E-state index is 12.0. The van der Waals surface area contributed by atoms with E-state index in [9.17, 15) is 8.42 Å². The number of hydrogen-bond acceptors (Lipinski definition) is 6. The number of aromatic amines is 1. The monoisotopic (exact) mass is 392 g/mol. The lowest BCUT2D eigenvalue weighted by molar-refractivity contribution is 0.442. The molecule has 0 atom stereocenters. The van der Waals surface area contributed by atoms with E-state index in [-0.39, 0.29) is 16.7 Å². The zero-order chi connectivity index (χ0) is 18.7. The van der Waals surface area contributed by atoms with Gasteiger partial charge in [-0.3, -0.25) is 0 Å². The van der Waals surface area contributed by atoms with Crippen LogP contribution in [0.4, 0.5) is 0 Å². The normalized spacial score (nSPS) is 11.5. The summed E-state index contributed by atoms with van der Waals surface area (Å²) in [6.07, 6.45) is 0.537. The third kappa shape index (κ3) is 4.20. The first-order chi connectivity index (χ1) is 12.4. The molecule has 0 amide bonds. The molecule has 0 fully saturated rings. The quantitative estimate of drug-likeness (QED) is 0.690. The van der Waals surface area contributed by atoms with Gasteiger partial charge >= 0.3 is 6.01 Å². The van der Waals surface area contributed by atoms with E-state index in [1.54, 1.807) is 19.1 Å². The lowest BCUT2D eigenvalue weighted by Gasteiger charge is -2.10. The summed E-state index contributed by atoms with van der Waals surface area (Å²) < 4.78 is 29.5. The third-order valence-electron chi connectivity index (χ3n) is 3.80. The average Bonchev–Trinajstić information content (AvgIpc) is 3.09. The Morgan fingerprint density at radius 2 is 2.00 bits per heavy atom. The Hall–Kier alpha value is -2.45. The molecule has 1 heterocycles. The van der Waals surface area contributed by atoms with Crippen LogP contribution in [0.1, 0.15) is 23.6 Å². The molecule has 0 aliphatic rings. The van der Waals surface area contributed by atoms with Gasteiger partial charge in [-0.15, -0.1) is 0 Å². The van der Waals surface area contributed by atoms with Crippen molar-refractivity contribution in [2.24, 2.45) is 0 Å². The van der Waals surface area contributed by atoms with Crippen molar-refractivity contribution in [3.63, 3.8) is 0 Å². The summed E-state index contributed by atoms with van der Waals surface area (Å²) in [4.78, 5) is 0.235. The van der Waals surface area contributed by atoms with Crippen molar-refractivity contribution in [3.8, 4) is 11.8 Å². The highest BCUT2D eigenvalue weighted by atomic mass is 35.5. The second-order valence-corrected chi connectivity index (χ2v) is 8.47. The SMILES string of the molecule is CCS(=O)(=O)c1ccc(Cc2cc(C)cc(Oc3nn[nH]n3)c2)c(Cl)c1. The summed E-state index contributed by atoms with van der Waals surface area (Å²) in [5.74, 6) is 0.625. The Balaban J connectivity index is 1.86. The number of aryl methyl sites for hydroxylation is 1. The minimum atomic E-state index is -3.28. The van der Waals surface area contributed by atoms with Gasteiger partial charge in [0.1, 0.15) is 5.75 Å². The van der Waals surface area contributed by atoms with E-state index < -0.39 is 9.84 Å². The molecular weight excluding hydrogens is 376 g/mol. The van der Waals surface area contributed by atoms with Crippen LogP contribution in [0.2, 0.25) is 5.02 Å². The first-order valence-corrected chi connectivity index (χ1v) is 9.93. The molecule has 7 nitrogen and oxygen atoms in total. The van der Waals surface area contributed by atoms with Gasteiger partial charge in [-0.05, 0) is 59.5 Å². The van der Waals surface area contributed by atoms with Crippen LogP contribution in [0, 0.1) is 6.92 Å². The number of sulfone groups is 1. The molecule has 0 aliphatic heterocycles. The Labute approximate surface area is 156 Å². The topological polar surface area (TPSA) is 97.8 Å². The van der Waals surface area contributed by atoms with Crippen molar-refractivity contribution in [1.82, 2.24) is 20.6 Å². The van der Waals surface area contributed by atoms with Crippen LogP contribution in [0.15, 0.2) is 41.3 Å². The van der Waals surface area contributed by atoms with Gasteiger partial charge in [-0.1, -0.05) is 40.9 Å². The Morgan fingerprint density at radius 3 is 2.65 bits per heavy atom. The van der Waals surface area contributed by atoms with Crippen molar-refractivity contribution in [3.05, 3.63) is 58.1 Å². The first-order valence-electron chi connectivity index (χ1n) is 7.90. The van der Waals surface area contributed by atoms with Crippen molar-refractivity contribution < 1.29 is 13.2 Å². The van der Waals surface area contributed by atoms with Crippen molar-refractivity contribution in [1.29, 1.82) is 0 Å². The first kappa shape index (κ1) is 18.3. The molecule has 0 aliphatic carbocycles. The van der Waals surface area contributed by atoms with E-state index in [1.807, 2.05) is 25.1 Å². The van der Waals surface area contributed by atoms with E-state index in [0.29, 0.717) is 17.2 Å². The molecule has 26 heavy (non-hydrogen) atoms. The highest BCUT2D eigenvalue weighted by molar-refractivity contribution is 7.91. The fraction of sp³-hybridized carbons (Fsp3) is 0.235. The minimum Gasteiger partial charge on any atom is -0.422 e. The molecule has 2 aromatic carbocycles. The number of aromatic nitrogens is 4. The fourth-order valence-corrected chi connectivity index (χ4v) is 3.76. The van der Waals surface area contributed by atoms with Crippen molar-refractivity contribution in [2.45, 2.75) is 25.2 Å². The summed E-state index contributed by atoms with van der Waals surface area (Å²) in [5.41, 5.74) is 2.80. The highest BCUT2D eigenvalue weighted by Crippen LogP contribution is 2.27. The van der Waals surface area contributed by atoms with E-state index in [2.05, 4.69) is 20.6 Å². The van der Waals surface area contributed by atoms with E-state index in [0.717, 1.165) is 16.7 Å². The molecule has 9 heteroatoms. The number of hydrogen-bond donors (Lipinski definition) is 1.